The van der Waals surface area contributed by atoms with Crippen LogP contribution in [0.2, 0.25) is 0 Å². The Morgan fingerprint density at radius 3 is 2.56 bits per heavy atom. The Balaban J connectivity index is 1.87. The summed E-state index contributed by atoms with van der Waals surface area (Å²) < 4.78 is 0. The monoisotopic (exact) mass is 269 g/mol. The van der Waals surface area contributed by atoms with Crippen LogP contribution in [-0.2, 0) is 4.79 Å². The van der Waals surface area contributed by atoms with E-state index in [1.807, 2.05) is 0 Å². The average Bonchev–Trinajstić information content (AvgIpc) is 2.78. The maximum atomic E-state index is 10.9. The number of carboxylic acid groups (broad SMARTS) is 1. The Morgan fingerprint density at radius 2 is 2.06 bits per heavy atom. The van der Waals surface area contributed by atoms with Crippen LogP contribution >= 0.6 is 11.3 Å². The van der Waals surface area contributed by atoms with Crippen LogP contribution < -0.4 is 11.1 Å². The molecule has 1 aromatic rings. The van der Waals surface area contributed by atoms with Crippen molar-refractivity contribution in [2.24, 2.45) is 11.7 Å². The van der Waals surface area contributed by atoms with Gasteiger partial charge in [0.05, 0.1) is 5.92 Å². The van der Waals surface area contributed by atoms with E-state index in [1.54, 1.807) is 5.38 Å². The Labute approximate surface area is 108 Å². The number of amides is 1. The van der Waals surface area contributed by atoms with Crippen LogP contribution in [0.1, 0.15) is 36.2 Å². The molecule has 0 atom stereocenters. The zero-order valence-corrected chi connectivity index (χ0v) is 10.6. The minimum atomic E-state index is -0.710. The lowest BCUT2D eigenvalue weighted by atomic mass is 9.86. The Morgan fingerprint density at radius 1 is 1.39 bits per heavy atom. The summed E-state index contributed by atoms with van der Waals surface area (Å²) >= 11 is 1.34. The van der Waals surface area contributed by atoms with Crippen LogP contribution in [0.5, 0.6) is 0 Å². The van der Waals surface area contributed by atoms with Crippen molar-refractivity contribution in [1.29, 1.82) is 0 Å². The van der Waals surface area contributed by atoms with E-state index in [2.05, 4.69) is 10.3 Å². The number of carbonyl (C=O) groups is 2. The number of primary amides is 1. The first-order valence-electron chi connectivity index (χ1n) is 5.81. The van der Waals surface area contributed by atoms with Gasteiger partial charge in [-0.05, 0) is 25.7 Å². The van der Waals surface area contributed by atoms with E-state index in [1.165, 1.54) is 11.3 Å². The van der Waals surface area contributed by atoms with Gasteiger partial charge in [0.25, 0.3) is 5.91 Å². The summed E-state index contributed by atoms with van der Waals surface area (Å²) in [5.74, 6) is -1.46. The fourth-order valence-corrected chi connectivity index (χ4v) is 2.89. The second kappa shape index (κ2) is 5.34. The molecule has 2 rings (SSSR count). The van der Waals surface area contributed by atoms with Gasteiger partial charge >= 0.3 is 5.97 Å². The van der Waals surface area contributed by atoms with E-state index < -0.39 is 11.9 Å². The van der Waals surface area contributed by atoms with Gasteiger partial charge in [-0.15, -0.1) is 11.3 Å². The van der Waals surface area contributed by atoms with Crippen molar-refractivity contribution < 1.29 is 14.7 Å². The lowest BCUT2D eigenvalue weighted by Gasteiger charge is -2.26. The molecule has 1 heterocycles. The SMILES string of the molecule is NC(=O)c1csc(NC2CCC(C(=O)O)CC2)n1. The lowest BCUT2D eigenvalue weighted by molar-refractivity contribution is -0.142. The number of thiazole rings is 1. The number of nitrogens with two attached hydrogens (primary N) is 1. The second-order valence-corrected chi connectivity index (χ2v) is 5.29. The van der Waals surface area contributed by atoms with Crippen molar-refractivity contribution in [3.05, 3.63) is 11.1 Å². The number of nitrogens with one attached hydrogen (secondary N) is 1. The third kappa shape index (κ3) is 2.98. The van der Waals surface area contributed by atoms with Crippen molar-refractivity contribution in [2.45, 2.75) is 31.7 Å². The lowest BCUT2D eigenvalue weighted by Crippen LogP contribution is -2.29. The first-order valence-corrected chi connectivity index (χ1v) is 6.69. The first kappa shape index (κ1) is 12.8. The predicted molar refractivity (Wildman–Crippen MR) is 67.6 cm³/mol. The quantitative estimate of drug-likeness (QED) is 0.764. The molecule has 0 radical (unpaired) electrons. The zero-order chi connectivity index (χ0) is 13.1. The van der Waals surface area contributed by atoms with E-state index in [0.29, 0.717) is 18.0 Å². The number of hydrogen-bond acceptors (Lipinski definition) is 5. The fraction of sp³-hybridized carbons (Fsp3) is 0.545. The second-order valence-electron chi connectivity index (χ2n) is 4.43. The number of rotatable bonds is 4. The molecular weight excluding hydrogens is 254 g/mol. The normalized spacial score (nSPS) is 23.6. The summed E-state index contributed by atoms with van der Waals surface area (Å²) in [7, 11) is 0. The standard InChI is InChI=1S/C11H15N3O3S/c12-9(15)8-5-18-11(14-8)13-7-3-1-6(2-4-7)10(16)17/h5-7H,1-4H2,(H2,12,15)(H,13,14)(H,16,17). The van der Waals surface area contributed by atoms with Gasteiger partial charge in [-0.3, -0.25) is 9.59 Å². The largest absolute Gasteiger partial charge is 0.481 e. The predicted octanol–water partition coefficient (Wildman–Crippen LogP) is 1.30. The molecule has 1 amide bonds. The van der Waals surface area contributed by atoms with Crippen molar-refractivity contribution in [2.75, 3.05) is 5.32 Å². The van der Waals surface area contributed by atoms with Gasteiger partial charge in [-0.2, -0.15) is 0 Å². The van der Waals surface area contributed by atoms with Crippen LogP contribution in [0.15, 0.2) is 5.38 Å². The molecule has 1 aromatic heterocycles. The third-order valence-electron chi connectivity index (χ3n) is 3.16. The van der Waals surface area contributed by atoms with Crippen molar-refractivity contribution in [3.63, 3.8) is 0 Å². The van der Waals surface area contributed by atoms with Gasteiger partial charge in [0.15, 0.2) is 5.13 Å². The molecule has 6 nitrogen and oxygen atoms in total. The smallest absolute Gasteiger partial charge is 0.306 e. The summed E-state index contributed by atoms with van der Waals surface area (Å²) in [5.41, 5.74) is 5.39. The summed E-state index contributed by atoms with van der Waals surface area (Å²) in [6.07, 6.45) is 2.98. The first-order chi connectivity index (χ1) is 8.56. The average molecular weight is 269 g/mol. The molecule has 7 heteroatoms. The summed E-state index contributed by atoms with van der Waals surface area (Å²) in [4.78, 5) is 25.8. The molecule has 0 unspecified atom stereocenters. The minimum absolute atomic E-state index is 0.222. The number of carbonyl (C=O) groups excluding carboxylic acids is 1. The molecule has 18 heavy (non-hydrogen) atoms. The van der Waals surface area contributed by atoms with Crippen molar-refractivity contribution in [1.82, 2.24) is 4.98 Å². The molecule has 0 bridgehead atoms. The van der Waals surface area contributed by atoms with Crippen LogP contribution in [0.4, 0.5) is 5.13 Å². The molecule has 98 valence electrons. The van der Waals surface area contributed by atoms with Crippen LogP contribution in [0, 0.1) is 5.92 Å². The highest BCUT2D eigenvalue weighted by atomic mass is 32.1. The number of aromatic nitrogens is 1. The van der Waals surface area contributed by atoms with Gasteiger partial charge in [-0.25, -0.2) is 4.98 Å². The van der Waals surface area contributed by atoms with E-state index in [4.69, 9.17) is 10.8 Å². The summed E-state index contributed by atoms with van der Waals surface area (Å²) in [5, 5.41) is 14.4. The highest BCUT2D eigenvalue weighted by Crippen LogP contribution is 2.27. The molecule has 1 saturated carbocycles. The van der Waals surface area contributed by atoms with Crippen LogP contribution in [-0.4, -0.2) is 28.0 Å². The maximum Gasteiger partial charge on any atom is 0.306 e. The van der Waals surface area contributed by atoms with E-state index in [-0.39, 0.29) is 17.7 Å². The number of hydrogen-bond donors (Lipinski definition) is 3. The third-order valence-corrected chi connectivity index (χ3v) is 3.93. The molecule has 4 N–H and O–H groups in total. The zero-order valence-electron chi connectivity index (χ0n) is 9.76. The van der Waals surface area contributed by atoms with E-state index in [0.717, 1.165) is 12.8 Å². The molecule has 0 saturated heterocycles. The molecule has 0 aliphatic heterocycles. The molecule has 1 aliphatic carbocycles. The minimum Gasteiger partial charge on any atom is -0.481 e. The van der Waals surface area contributed by atoms with Crippen LogP contribution in [0.25, 0.3) is 0 Å². The van der Waals surface area contributed by atoms with Gasteiger partial charge < -0.3 is 16.2 Å². The van der Waals surface area contributed by atoms with Crippen molar-refractivity contribution in [3.8, 4) is 0 Å². The summed E-state index contributed by atoms with van der Waals surface area (Å²) in [6.45, 7) is 0. The van der Waals surface area contributed by atoms with Gasteiger partial charge in [0, 0.05) is 11.4 Å². The number of nitrogens with zero attached hydrogens (tertiary/aromatic N) is 1. The maximum absolute atomic E-state index is 10.9. The Bertz CT molecular complexity index is 452. The van der Waals surface area contributed by atoms with Crippen molar-refractivity contribution >= 4 is 28.3 Å². The highest BCUT2D eigenvalue weighted by Gasteiger charge is 2.26. The Hall–Kier alpha value is -1.63. The molecule has 0 aromatic carbocycles. The number of carboxylic acids is 1. The van der Waals surface area contributed by atoms with Gasteiger partial charge in [-0.1, -0.05) is 0 Å². The highest BCUT2D eigenvalue weighted by molar-refractivity contribution is 7.13. The topological polar surface area (TPSA) is 105 Å². The van der Waals surface area contributed by atoms with E-state index in [9.17, 15) is 9.59 Å². The number of anilines is 1. The molecule has 0 spiro atoms. The van der Waals surface area contributed by atoms with Gasteiger partial charge in [0.2, 0.25) is 0 Å². The molecule has 1 aliphatic rings. The summed E-state index contributed by atoms with van der Waals surface area (Å²) in [6, 6.07) is 0.229. The van der Waals surface area contributed by atoms with E-state index >= 15 is 0 Å². The Kier molecular flexibility index (Phi) is 3.81. The number of aliphatic carboxylic acids is 1. The van der Waals surface area contributed by atoms with Gasteiger partial charge in [0.1, 0.15) is 5.69 Å². The fourth-order valence-electron chi connectivity index (χ4n) is 2.11. The molecular formula is C11H15N3O3S. The molecule has 1 fully saturated rings. The van der Waals surface area contributed by atoms with Crippen LogP contribution in [0.3, 0.4) is 0 Å².